The summed E-state index contributed by atoms with van der Waals surface area (Å²) in [6.07, 6.45) is 1.33. The van der Waals surface area contributed by atoms with Crippen molar-refractivity contribution in [2.45, 2.75) is 31.9 Å². The van der Waals surface area contributed by atoms with Gasteiger partial charge in [-0.25, -0.2) is 0 Å². The van der Waals surface area contributed by atoms with Crippen LogP contribution in [0.5, 0.6) is 0 Å². The van der Waals surface area contributed by atoms with Gasteiger partial charge in [0.1, 0.15) is 0 Å². The van der Waals surface area contributed by atoms with Crippen LogP contribution < -0.4 is 5.73 Å². The van der Waals surface area contributed by atoms with Crippen molar-refractivity contribution in [1.29, 1.82) is 0 Å². The zero-order chi connectivity index (χ0) is 9.42. The number of rotatable bonds is 1. The van der Waals surface area contributed by atoms with Gasteiger partial charge in [0, 0.05) is 6.04 Å². The largest absolute Gasteiger partial charge is 0.388 e. The van der Waals surface area contributed by atoms with Gasteiger partial charge < -0.3 is 10.8 Å². The van der Waals surface area contributed by atoms with Gasteiger partial charge in [0.15, 0.2) is 0 Å². The van der Waals surface area contributed by atoms with E-state index in [9.17, 15) is 5.11 Å². The smallest absolute Gasteiger partial charge is 0.0811 e. The van der Waals surface area contributed by atoms with Gasteiger partial charge in [0.2, 0.25) is 0 Å². The van der Waals surface area contributed by atoms with E-state index in [1.54, 1.807) is 0 Å². The Morgan fingerprint density at radius 2 is 2.23 bits per heavy atom. The number of hydrogen-bond donors (Lipinski definition) is 2. The third-order valence-electron chi connectivity index (χ3n) is 2.80. The van der Waals surface area contributed by atoms with Crippen LogP contribution in [-0.4, -0.2) is 5.11 Å². The number of aryl methyl sites for hydroxylation is 1. The average molecular weight is 177 g/mol. The van der Waals surface area contributed by atoms with Crippen molar-refractivity contribution in [3.8, 4) is 0 Å². The summed E-state index contributed by atoms with van der Waals surface area (Å²) in [5, 5.41) is 9.69. The Morgan fingerprint density at radius 3 is 2.92 bits per heavy atom. The minimum Gasteiger partial charge on any atom is -0.388 e. The Kier molecular flexibility index (Phi) is 2.10. The monoisotopic (exact) mass is 177 g/mol. The van der Waals surface area contributed by atoms with E-state index in [1.807, 2.05) is 0 Å². The minimum atomic E-state index is -0.350. The molecule has 13 heavy (non-hydrogen) atoms. The summed E-state index contributed by atoms with van der Waals surface area (Å²) >= 11 is 0. The first-order valence-corrected chi connectivity index (χ1v) is 4.78. The minimum absolute atomic E-state index is 0.0240. The van der Waals surface area contributed by atoms with Gasteiger partial charge in [0.25, 0.3) is 0 Å². The molecule has 0 heterocycles. The lowest BCUT2D eigenvalue weighted by Crippen LogP contribution is -2.05. The summed E-state index contributed by atoms with van der Waals surface area (Å²) in [7, 11) is 0. The van der Waals surface area contributed by atoms with Gasteiger partial charge in [-0.3, -0.25) is 0 Å². The fraction of sp³-hybridized carbons (Fsp3) is 0.455. The van der Waals surface area contributed by atoms with Gasteiger partial charge in [-0.1, -0.05) is 25.1 Å². The molecular weight excluding hydrogens is 162 g/mol. The molecule has 70 valence electrons. The second-order valence-corrected chi connectivity index (χ2v) is 3.67. The first-order chi connectivity index (χ1) is 6.22. The van der Waals surface area contributed by atoms with E-state index < -0.39 is 0 Å². The molecule has 1 aromatic carbocycles. The van der Waals surface area contributed by atoms with Gasteiger partial charge in [-0.2, -0.15) is 0 Å². The summed E-state index contributed by atoms with van der Waals surface area (Å²) < 4.78 is 0. The molecule has 0 aliphatic heterocycles. The van der Waals surface area contributed by atoms with Crippen molar-refractivity contribution in [1.82, 2.24) is 0 Å². The van der Waals surface area contributed by atoms with Gasteiger partial charge in [-0.05, 0) is 29.5 Å². The predicted molar refractivity (Wildman–Crippen MR) is 52.3 cm³/mol. The Bertz CT molecular complexity index is 322. The van der Waals surface area contributed by atoms with Crippen LogP contribution in [0.3, 0.4) is 0 Å². The van der Waals surface area contributed by atoms with Gasteiger partial charge in [-0.15, -0.1) is 0 Å². The van der Waals surface area contributed by atoms with Gasteiger partial charge in [0.05, 0.1) is 6.10 Å². The van der Waals surface area contributed by atoms with Crippen molar-refractivity contribution < 1.29 is 5.11 Å². The van der Waals surface area contributed by atoms with Crippen molar-refractivity contribution in [2.75, 3.05) is 0 Å². The van der Waals surface area contributed by atoms with Crippen LogP contribution in [0.25, 0.3) is 0 Å². The Balaban J connectivity index is 2.46. The summed E-state index contributed by atoms with van der Waals surface area (Å²) in [6, 6.07) is 6.24. The van der Waals surface area contributed by atoms with Crippen LogP contribution in [0.4, 0.5) is 0 Å². The maximum atomic E-state index is 9.69. The molecule has 0 fully saturated rings. The number of aliphatic hydroxyl groups excluding tert-OH is 1. The molecule has 1 aliphatic carbocycles. The third-order valence-corrected chi connectivity index (χ3v) is 2.80. The van der Waals surface area contributed by atoms with Crippen molar-refractivity contribution in [3.63, 3.8) is 0 Å². The number of aliphatic hydroxyl groups is 1. The van der Waals surface area contributed by atoms with E-state index in [0.717, 1.165) is 17.5 Å². The van der Waals surface area contributed by atoms with Crippen LogP contribution in [0.1, 0.15) is 42.2 Å². The Labute approximate surface area is 78.4 Å². The van der Waals surface area contributed by atoms with Crippen LogP contribution >= 0.6 is 0 Å². The molecule has 0 aromatic heterocycles. The normalized spacial score (nSPS) is 26.1. The van der Waals surface area contributed by atoms with Crippen molar-refractivity contribution >= 4 is 0 Å². The molecule has 0 radical (unpaired) electrons. The highest BCUT2D eigenvalue weighted by atomic mass is 16.3. The Hall–Kier alpha value is -0.860. The first kappa shape index (κ1) is 8.73. The molecule has 0 bridgehead atoms. The Morgan fingerprint density at radius 1 is 1.46 bits per heavy atom. The zero-order valence-electron chi connectivity index (χ0n) is 7.83. The van der Waals surface area contributed by atoms with E-state index in [4.69, 9.17) is 5.73 Å². The summed E-state index contributed by atoms with van der Waals surface area (Å²) in [4.78, 5) is 0. The topological polar surface area (TPSA) is 46.2 Å². The van der Waals surface area contributed by atoms with Crippen LogP contribution in [0.2, 0.25) is 0 Å². The summed E-state index contributed by atoms with van der Waals surface area (Å²) in [5.74, 6) is 0. The molecule has 0 saturated carbocycles. The van der Waals surface area contributed by atoms with Crippen molar-refractivity contribution in [3.05, 3.63) is 34.9 Å². The molecule has 0 spiro atoms. The number of benzene rings is 1. The van der Waals surface area contributed by atoms with E-state index >= 15 is 0 Å². The van der Waals surface area contributed by atoms with E-state index in [0.29, 0.717) is 6.42 Å². The standard InChI is InChI=1S/C11H15NO/c1-2-7-3-4-8-9(5-7)11(13)6-10(8)12/h3-5,10-11,13H,2,6,12H2,1H3. The number of nitrogens with two attached hydrogens (primary N) is 1. The number of hydrogen-bond acceptors (Lipinski definition) is 2. The lowest BCUT2D eigenvalue weighted by atomic mass is 10.0. The predicted octanol–water partition coefficient (Wildman–Crippen LogP) is 1.69. The number of fused-ring (bicyclic) bond motifs is 1. The van der Waals surface area contributed by atoms with Crippen LogP contribution in [-0.2, 0) is 6.42 Å². The molecule has 2 rings (SSSR count). The molecule has 3 N–H and O–H groups in total. The fourth-order valence-corrected chi connectivity index (χ4v) is 1.96. The van der Waals surface area contributed by atoms with Crippen molar-refractivity contribution in [2.24, 2.45) is 5.73 Å². The maximum Gasteiger partial charge on any atom is 0.0811 e. The van der Waals surface area contributed by atoms with Crippen LogP contribution in [0, 0.1) is 0 Å². The SMILES string of the molecule is CCc1ccc2c(c1)C(O)CC2N. The van der Waals surface area contributed by atoms with Crippen LogP contribution in [0.15, 0.2) is 18.2 Å². The third kappa shape index (κ3) is 1.36. The molecule has 2 nitrogen and oxygen atoms in total. The first-order valence-electron chi connectivity index (χ1n) is 4.78. The molecule has 0 saturated heterocycles. The van der Waals surface area contributed by atoms with E-state index in [1.165, 1.54) is 5.56 Å². The second kappa shape index (κ2) is 3.13. The maximum absolute atomic E-state index is 9.69. The van der Waals surface area contributed by atoms with E-state index in [2.05, 4.69) is 25.1 Å². The lowest BCUT2D eigenvalue weighted by Gasteiger charge is -2.06. The highest BCUT2D eigenvalue weighted by molar-refractivity contribution is 5.39. The lowest BCUT2D eigenvalue weighted by molar-refractivity contribution is 0.173. The summed E-state index contributed by atoms with van der Waals surface area (Å²) in [5.41, 5.74) is 9.29. The quantitative estimate of drug-likeness (QED) is 0.685. The molecule has 0 amide bonds. The molecular formula is C11H15NO. The fourth-order valence-electron chi connectivity index (χ4n) is 1.96. The van der Waals surface area contributed by atoms with Gasteiger partial charge >= 0.3 is 0 Å². The average Bonchev–Trinajstić information content (AvgIpc) is 2.42. The molecule has 2 atom stereocenters. The summed E-state index contributed by atoms with van der Waals surface area (Å²) in [6.45, 7) is 2.11. The molecule has 1 aliphatic rings. The highest BCUT2D eigenvalue weighted by Crippen LogP contribution is 2.37. The second-order valence-electron chi connectivity index (χ2n) is 3.67. The molecule has 1 aromatic rings. The molecule has 2 heteroatoms. The van der Waals surface area contributed by atoms with E-state index in [-0.39, 0.29) is 12.1 Å². The molecule has 2 unspecified atom stereocenters. The zero-order valence-corrected chi connectivity index (χ0v) is 7.83. The highest BCUT2D eigenvalue weighted by Gasteiger charge is 2.26.